The number of methoxy groups -OCH3 is 2. The smallest absolute Gasteiger partial charge is 0.344 e. The normalized spacial score (nSPS) is 10.7. The van der Waals surface area contributed by atoms with Crippen LogP contribution in [0, 0.1) is 0 Å². The number of rotatable bonds is 12. The van der Waals surface area contributed by atoms with Gasteiger partial charge in [-0.3, -0.25) is 13.9 Å². The SMILES string of the molecule is COc1ccc(OC)c(NC(=O)COC(=O)COc2ccc(N(C)S(=O)(=O)c3ccc(NC(C)=O)cc3)cc2)c1. The first-order valence-corrected chi connectivity index (χ1v) is 13.2. The Kier molecular flexibility index (Phi) is 9.92. The van der Waals surface area contributed by atoms with E-state index in [1.165, 1.54) is 76.7 Å². The van der Waals surface area contributed by atoms with Crippen LogP contribution in [-0.4, -0.2) is 60.7 Å². The third-order valence-electron chi connectivity index (χ3n) is 5.44. The van der Waals surface area contributed by atoms with Crippen LogP contribution in [0.3, 0.4) is 0 Å². The van der Waals surface area contributed by atoms with Gasteiger partial charge in [-0.1, -0.05) is 0 Å². The van der Waals surface area contributed by atoms with E-state index in [2.05, 4.69) is 10.6 Å². The van der Waals surface area contributed by atoms with Crippen LogP contribution in [0.1, 0.15) is 6.92 Å². The number of carbonyl (C=O) groups excluding carboxylic acids is 3. The van der Waals surface area contributed by atoms with Gasteiger partial charge in [0.15, 0.2) is 13.2 Å². The summed E-state index contributed by atoms with van der Waals surface area (Å²) >= 11 is 0. The van der Waals surface area contributed by atoms with Crippen LogP contribution in [0.4, 0.5) is 17.1 Å². The second-order valence-electron chi connectivity index (χ2n) is 8.24. The van der Waals surface area contributed by atoms with Crippen molar-refractivity contribution in [1.29, 1.82) is 0 Å². The number of esters is 1. The van der Waals surface area contributed by atoms with Gasteiger partial charge in [-0.25, -0.2) is 13.2 Å². The summed E-state index contributed by atoms with van der Waals surface area (Å²) in [6.07, 6.45) is 0. The van der Waals surface area contributed by atoms with Crippen LogP contribution in [0.15, 0.2) is 71.6 Å². The van der Waals surface area contributed by atoms with Gasteiger partial charge in [-0.15, -0.1) is 0 Å². The Balaban J connectivity index is 1.51. The number of anilines is 3. The molecule has 0 saturated carbocycles. The van der Waals surface area contributed by atoms with E-state index in [-0.39, 0.29) is 16.6 Å². The number of hydrogen-bond acceptors (Lipinski definition) is 9. The Morgan fingerprint density at radius 1 is 0.825 bits per heavy atom. The van der Waals surface area contributed by atoms with E-state index >= 15 is 0 Å². The molecule has 0 spiro atoms. The highest BCUT2D eigenvalue weighted by atomic mass is 32.2. The molecule has 0 aromatic heterocycles. The van der Waals surface area contributed by atoms with E-state index in [0.29, 0.717) is 28.6 Å². The second kappa shape index (κ2) is 13.3. The monoisotopic (exact) mass is 571 g/mol. The maximum Gasteiger partial charge on any atom is 0.344 e. The fourth-order valence-electron chi connectivity index (χ4n) is 3.39. The van der Waals surface area contributed by atoms with Crippen molar-refractivity contribution in [2.45, 2.75) is 11.8 Å². The highest BCUT2D eigenvalue weighted by Crippen LogP contribution is 2.29. The summed E-state index contributed by atoms with van der Waals surface area (Å²) in [6.45, 7) is 0.343. The largest absolute Gasteiger partial charge is 0.497 e. The number of benzene rings is 3. The molecule has 0 aliphatic heterocycles. The van der Waals surface area contributed by atoms with E-state index in [0.717, 1.165) is 4.31 Å². The average molecular weight is 572 g/mol. The lowest BCUT2D eigenvalue weighted by atomic mass is 10.2. The van der Waals surface area contributed by atoms with Crippen molar-refractivity contribution in [1.82, 2.24) is 0 Å². The molecule has 212 valence electrons. The molecule has 2 N–H and O–H groups in total. The van der Waals surface area contributed by atoms with Crippen molar-refractivity contribution in [2.24, 2.45) is 0 Å². The summed E-state index contributed by atoms with van der Waals surface area (Å²) in [6, 6.07) is 16.7. The Bertz CT molecular complexity index is 1460. The van der Waals surface area contributed by atoms with Crippen LogP contribution in [0.2, 0.25) is 0 Å². The van der Waals surface area contributed by atoms with Gasteiger partial charge in [0.1, 0.15) is 17.2 Å². The maximum absolute atomic E-state index is 13.0. The van der Waals surface area contributed by atoms with Gasteiger partial charge in [0, 0.05) is 25.7 Å². The van der Waals surface area contributed by atoms with Crippen LogP contribution >= 0.6 is 0 Å². The maximum atomic E-state index is 13.0. The lowest BCUT2D eigenvalue weighted by Gasteiger charge is -2.20. The lowest BCUT2D eigenvalue weighted by Crippen LogP contribution is -2.26. The molecule has 3 aromatic carbocycles. The van der Waals surface area contributed by atoms with Gasteiger partial charge < -0.3 is 29.6 Å². The fraction of sp³-hybridized carbons (Fsp3) is 0.222. The minimum atomic E-state index is -3.87. The first kappa shape index (κ1) is 29.8. The van der Waals surface area contributed by atoms with E-state index in [4.69, 9.17) is 18.9 Å². The van der Waals surface area contributed by atoms with E-state index < -0.39 is 35.1 Å². The molecule has 3 aromatic rings. The van der Waals surface area contributed by atoms with E-state index in [1.54, 1.807) is 18.2 Å². The summed E-state index contributed by atoms with van der Waals surface area (Å²) < 4.78 is 47.7. The Labute approximate surface area is 231 Å². The zero-order chi connectivity index (χ0) is 29.3. The Morgan fingerprint density at radius 3 is 2.08 bits per heavy atom. The van der Waals surface area contributed by atoms with E-state index in [1.807, 2.05) is 0 Å². The summed E-state index contributed by atoms with van der Waals surface area (Å²) in [5.74, 6) is -0.423. The van der Waals surface area contributed by atoms with Crippen LogP contribution in [0.5, 0.6) is 17.2 Å². The lowest BCUT2D eigenvalue weighted by molar-refractivity contribution is -0.149. The predicted molar refractivity (Wildman–Crippen MR) is 147 cm³/mol. The molecule has 0 fully saturated rings. The van der Waals surface area contributed by atoms with Crippen LogP contribution in [-0.2, 0) is 29.1 Å². The number of carbonyl (C=O) groups is 3. The third-order valence-corrected chi connectivity index (χ3v) is 7.23. The number of nitrogens with zero attached hydrogens (tertiary/aromatic N) is 1. The second-order valence-corrected chi connectivity index (χ2v) is 10.2. The quantitative estimate of drug-likeness (QED) is 0.313. The predicted octanol–water partition coefficient (Wildman–Crippen LogP) is 3.05. The van der Waals surface area contributed by atoms with Gasteiger partial charge >= 0.3 is 5.97 Å². The zero-order valence-electron chi connectivity index (χ0n) is 22.3. The summed E-state index contributed by atoms with van der Waals surface area (Å²) in [5, 5.41) is 5.16. The molecule has 13 heteroatoms. The van der Waals surface area contributed by atoms with Crippen molar-refractivity contribution in [2.75, 3.05) is 49.4 Å². The molecule has 0 saturated heterocycles. The summed E-state index contributed by atoms with van der Waals surface area (Å²) in [5.41, 5.74) is 1.19. The molecule has 0 atom stereocenters. The zero-order valence-corrected chi connectivity index (χ0v) is 23.1. The van der Waals surface area contributed by atoms with Crippen LogP contribution in [0.25, 0.3) is 0 Å². The van der Waals surface area contributed by atoms with Gasteiger partial charge in [-0.05, 0) is 60.7 Å². The molecule has 0 radical (unpaired) electrons. The molecule has 0 bridgehead atoms. The highest BCUT2D eigenvalue weighted by Gasteiger charge is 2.21. The number of hydrogen-bond donors (Lipinski definition) is 2. The first-order chi connectivity index (χ1) is 19.0. The van der Waals surface area contributed by atoms with Crippen molar-refractivity contribution < 1.29 is 41.7 Å². The summed E-state index contributed by atoms with van der Waals surface area (Å²) in [4.78, 5) is 35.5. The number of amides is 2. The average Bonchev–Trinajstić information content (AvgIpc) is 2.94. The van der Waals surface area contributed by atoms with E-state index in [9.17, 15) is 22.8 Å². The van der Waals surface area contributed by atoms with Gasteiger partial charge in [0.05, 0.1) is 30.5 Å². The standard InChI is InChI=1S/C27H29N3O9S/c1-18(31)28-19-5-12-23(13-6-19)40(34,35)30(2)20-7-9-21(10-8-20)38-17-27(33)39-16-26(32)29-24-15-22(36-3)11-14-25(24)37-4/h5-15H,16-17H2,1-4H3,(H,28,31)(H,29,32). The van der Waals surface area contributed by atoms with Crippen molar-refractivity contribution in [3.63, 3.8) is 0 Å². The summed E-state index contributed by atoms with van der Waals surface area (Å²) in [7, 11) is 0.467. The molecule has 40 heavy (non-hydrogen) atoms. The topological polar surface area (TPSA) is 150 Å². The Hall–Kier alpha value is -4.78. The van der Waals surface area contributed by atoms with Gasteiger partial charge in [-0.2, -0.15) is 0 Å². The highest BCUT2D eigenvalue weighted by molar-refractivity contribution is 7.92. The van der Waals surface area contributed by atoms with Gasteiger partial charge in [0.2, 0.25) is 5.91 Å². The minimum Gasteiger partial charge on any atom is -0.497 e. The van der Waals surface area contributed by atoms with Crippen molar-refractivity contribution in [3.8, 4) is 17.2 Å². The first-order valence-electron chi connectivity index (χ1n) is 11.8. The molecule has 2 amide bonds. The van der Waals surface area contributed by atoms with Gasteiger partial charge in [0.25, 0.3) is 15.9 Å². The van der Waals surface area contributed by atoms with Crippen molar-refractivity contribution >= 4 is 44.9 Å². The molecule has 0 unspecified atom stereocenters. The van der Waals surface area contributed by atoms with Crippen molar-refractivity contribution in [3.05, 3.63) is 66.7 Å². The number of ether oxygens (including phenoxy) is 4. The Morgan fingerprint density at radius 2 is 1.48 bits per heavy atom. The van der Waals surface area contributed by atoms with Crippen LogP contribution < -0.4 is 29.1 Å². The number of nitrogens with one attached hydrogen (secondary N) is 2. The molecular formula is C27H29N3O9S. The molecule has 0 heterocycles. The molecular weight excluding hydrogens is 542 g/mol. The molecule has 3 rings (SSSR count). The molecule has 0 aliphatic carbocycles. The minimum absolute atomic E-state index is 0.0426. The number of sulfonamides is 1. The molecule has 0 aliphatic rings. The molecule has 12 nitrogen and oxygen atoms in total. The fourth-order valence-corrected chi connectivity index (χ4v) is 4.59. The third kappa shape index (κ3) is 7.86.